The van der Waals surface area contributed by atoms with E-state index in [4.69, 9.17) is 0 Å². The average molecular weight is 324 g/mol. The Morgan fingerprint density at radius 3 is 2.68 bits per heavy atom. The molecule has 2 aromatic rings. The largest absolute Gasteiger partial charge is 0.508 e. The van der Waals surface area contributed by atoms with Crippen molar-refractivity contribution in [2.45, 2.75) is 6.92 Å². The Labute approximate surface area is 118 Å². The minimum atomic E-state index is -0.476. The first-order valence-corrected chi connectivity index (χ1v) is 6.32. The Hall–Kier alpha value is -1.88. The number of hydrogen-bond donors (Lipinski definition) is 2. The quantitative estimate of drug-likeness (QED) is 0.824. The molecule has 0 aliphatic rings. The van der Waals surface area contributed by atoms with Gasteiger partial charge in [-0.2, -0.15) is 0 Å². The molecule has 0 aliphatic carbocycles. The van der Waals surface area contributed by atoms with E-state index in [1.54, 1.807) is 13.0 Å². The molecule has 0 aromatic heterocycles. The van der Waals surface area contributed by atoms with Gasteiger partial charge in [0.25, 0.3) is 5.91 Å². The molecule has 0 saturated carbocycles. The van der Waals surface area contributed by atoms with Gasteiger partial charge in [-0.05, 0) is 64.8 Å². The fourth-order valence-corrected chi connectivity index (χ4v) is 2.08. The normalized spacial score (nSPS) is 10.3. The summed E-state index contributed by atoms with van der Waals surface area (Å²) in [5.74, 6) is -0.765. The Morgan fingerprint density at radius 1 is 1.26 bits per heavy atom. The first-order chi connectivity index (χ1) is 8.97. The zero-order valence-corrected chi connectivity index (χ0v) is 11.7. The molecule has 0 aliphatic heterocycles. The van der Waals surface area contributed by atoms with E-state index in [2.05, 4.69) is 21.2 Å². The third-order valence-electron chi connectivity index (χ3n) is 2.63. The number of aromatic hydroxyl groups is 1. The maximum Gasteiger partial charge on any atom is 0.256 e. The van der Waals surface area contributed by atoms with Gasteiger partial charge in [-0.1, -0.05) is 0 Å². The second kappa shape index (κ2) is 5.40. The Balaban J connectivity index is 2.28. The molecular weight excluding hydrogens is 313 g/mol. The van der Waals surface area contributed by atoms with E-state index >= 15 is 0 Å². The molecule has 2 N–H and O–H groups in total. The molecule has 0 unspecified atom stereocenters. The Bertz CT molecular complexity index is 643. The Kier molecular flexibility index (Phi) is 3.85. The monoisotopic (exact) mass is 323 g/mol. The number of rotatable bonds is 2. The summed E-state index contributed by atoms with van der Waals surface area (Å²) in [5.41, 5.74) is 1.51. The van der Waals surface area contributed by atoms with Gasteiger partial charge in [0.1, 0.15) is 11.6 Å². The molecule has 2 rings (SSSR count). The van der Waals surface area contributed by atoms with Crippen molar-refractivity contribution in [3.8, 4) is 5.75 Å². The zero-order valence-electron chi connectivity index (χ0n) is 10.1. The minimum Gasteiger partial charge on any atom is -0.508 e. The second-order valence-electron chi connectivity index (χ2n) is 4.08. The lowest BCUT2D eigenvalue weighted by Crippen LogP contribution is -2.13. The van der Waals surface area contributed by atoms with Gasteiger partial charge in [-0.25, -0.2) is 4.39 Å². The van der Waals surface area contributed by atoms with Crippen LogP contribution in [0.5, 0.6) is 5.75 Å². The van der Waals surface area contributed by atoms with E-state index in [-0.39, 0.29) is 11.3 Å². The third kappa shape index (κ3) is 3.12. The second-order valence-corrected chi connectivity index (χ2v) is 4.93. The molecule has 0 atom stereocenters. The molecule has 0 radical (unpaired) electrons. The van der Waals surface area contributed by atoms with Crippen LogP contribution < -0.4 is 5.32 Å². The summed E-state index contributed by atoms with van der Waals surface area (Å²) in [5, 5.41) is 12.0. The van der Waals surface area contributed by atoms with Crippen LogP contribution in [-0.4, -0.2) is 11.0 Å². The minimum absolute atomic E-state index is 0.127. The summed E-state index contributed by atoms with van der Waals surface area (Å²) in [7, 11) is 0. The number of phenols is 1. The molecular formula is C14H11BrFNO2. The van der Waals surface area contributed by atoms with Crippen LogP contribution in [0.2, 0.25) is 0 Å². The van der Waals surface area contributed by atoms with E-state index in [1.165, 1.54) is 24.3 Å². The fourth-order valence-electron chi connectivity index (χ4n) is 1.65. The molecule has 0 heterocycles. The number of anilines is 1. The van der Waals surface area contributed by atoms with Crippen molar-refractivity contribution in [3.63, 3.8) is 0 Å². The number of halogens is 2. The van der Waals surface area contributed by atoms with Gasteiger partial charge in [0, 0.05) is 10.2 Å². The molecule has 5 heteroatoms. The topological polar surface area (TPSA) is 49.3 Å². The predicted molar refractivity (Wildman–Crippen MR) is 74.9 cm³/mol. The highest BCUT2D eigenvalue weighted by atomic mass is 79.9. The summed E-state index contributed by atoms with van der Waals surface area (Å²) in [6, 6.07) is 8.52. The van der Waals surface area contributed by atoms with Crippen LogP contribution in [0.4, 0.5) is 10.1 Å². The van der Waals surface area contributed by atoms with E-state index in [1.807, 2.05) is 0 Å². The van der Waals surface area contributed by atoms with E-state index < -0.39 is 11.7 Å². The van der Waals surface area contributed by atoms with Crippen molar-refractivity contribution in [2.24, 2.45) is 0 Å². The number of phenolic OH excluding ortho intramolecular Hbond substituents is 1. The SMILES string of the molecule is Cc1cc(O)ccc1NC(=O)c1cc(F)ccc1Br. The van der Waals surface area contributed by atoms with Gasteiger partial charge in [-0.3, -0.25) is 4.79 Å². The summed E-state index contributed by atoms with van der Waals surface area (Å²) >= 11 is 3.21. The van der Waals surface area contributed by atoms with Crippen LogP contribution in [0.15, 0.2) is 40.9 Å². The van der Waals surface area contributed by atoms with Crippen molar-refractivity contribution in [3.05, 3.63) is 57.8 Å². The average Bonchev–Trinajstić information content (AvgIpc) is 2.35. The number of nitrogens with one attached hydrogen (secondary N) is 1. The summed E-state index contributed by atoms with van der Waals surface area (Å²) in [4.78, 5) is 12.1. The fraction of sp³-hybridized carbons (Fsp3) is 0.0714. The molecule has 0 spiro atoms. The number of amides is 1. The predicted octanol–water partition coefficient (Wildman–Crippen LogP) is 3.85. The molecule has 3 nitrogen and oxygen atoms in total. The molecule has 19 heavy (non-hydrogen) atoms. The molecule has 98 valence electrons. The first-order valence-electron chi connectivity index (χ1n) is 5.53. The molecule has 1 amide bonds. The third-order valence-corrected chi connectivity index (χ3v) is 3.32. The maximum absolute atomic E-state index is 13.1. The van der Waals surface area contributed by atoms with Crippen LogP contribution in [-0.2, 0) is 0 Å². The molecule has 2 aromatic carbocycles. The van der Waals surface area contributed by atoms with Crippen LogP contribution in [0.1, 0.15) is 15.9 Å². The van der Waals surface area contributed by atoms with Crippen molar-refractivity contribution < 1.29 is 14.3 Å². The van der Waals surface area contributed by atoms with Crippen LogP contribution in [0.3, 0.4) is 0 Å². The summed E-state index contributed by atoms with van der Waals surface area (Å²) in [6.45, 7) is 1.76. The number of carbonyl (C=O) groups is 1. The van der Waals surface area contributed by atoms with Gasteiger partial charge in [0.2, 0.25) is 0 Å². The van der Waals surface area contributed by atoms with Crippen molar-refractivity contribution >= 4 is 27.5 Å². The summed E-state index contributed by atoms with van der Waals surface area (Å²) in [6.07, 6.45) is 0. The lowest BCUT2D eigenvalue weighted by atomic mass is 10.1. The standard InChI is InChI=1S/C14H11BrFNO2/c1-8-6-10(18)3-5-13(8)17-14(19)11-7-9(16)2-4-12(11)15/h2-7,18H,1H3,(H,17,19). The van der Waals surface area contributed by atoms with Crippen molar-refractivity contribution in [1.29, 1.82) is 0 Å². The van der Waals surface area contributed by atoms with Gasteiger partial charge in [0.15, 0.2) is 0 Å². The highest BCUT2D eigenvalue weighted by Gasteiger charge is 2.12. The number of aryl methyl sites for hydroxylation is 1. The van der Waals surface area contributed by atoms with Gasteiger partial charge in [0.05, 0.1) is 5.56 Å². The van der Waals surface area contributed by atoms with Crippen LogP contribution >= 0.6 is 15.9 Å². The molecule has 0 saturated heterocycles. The number of carbonyl (C=O) groups excluding carboxylic acids is 1. The number of hydrogen-bond acceptors (Lipinski definition) is 2. The smallest absolute Gasteiger partial charge is 0.256 e. The van der Waals surface area contributed by atoms with Gasteiger partial charge in [-0.15, -0.1) is 0 Å². The van der Waals surface area contributed by atoms with E-state index in [0.29, 0.717) is 10.2 Å². The highest BCUT2D eigenvalue weighted by molar-refractivity contribution is 9.10. The van der Waals surface area contributed by atoms with Crippen molar-refractivity contribution in [1.82, 2.24) is 0 Å². The van der Waals surface area contributed by atoms with Gasteiger partial charge >= 0.3 is 0 Å². The van der Waals surface area contributed by atoms with E-state index in [9.17, 15) is 14.3 Å². The highest BCUT2D eigenvalue weighted by Crippen LogP contribution is 2.23. The first kappa shape index (κ1) is 13.5. The van der Waals surface area contributed by atoms with Gasteiger partial charge < -0.3 is 10.4 Å². The summed E-state index contributed by atoms with van der Waals surface area (Å²) < 4.78 is 13.7. The number of benzene rings is 2. The zero-order chi connectivity index (χ0) is 14.0. The maximum atomic E-state index is 13.1. The lowest BCUT2D eigenvalue weighted by molar-refractivity contribution is 0.102. The molecule has 0 fully saturated rings. The van der Waals surface area contributed by atoms with E-state index in [0.717, 1.165) is 11.6 Å². The lowest BCUT2D eigenvalue weighted by Gasteiger charge is -2.10. The Morgan fingerprint density at radius 2 is 2.00 bits per heavy atom. The van der Waals surface area contributed by atoms with Crippen LogP contribution in [0.25, 0.3) is 0 Å². The van der Waals surface area contributed by atoms with Crippen molar-refractivity contribution in [2.75, 3.05) is 5.32 Å². The molecule has 0 bridgehead atoms. The van der Waals surface area contributed by atoms with Crippen LogP contribution in [0, 0.1) is 12.7 Å².